The predicted octanol–water partition coefficient (Wildman–Crippen LogP) is 9.76. The minimum Gasteiger partial charge on any atom is -0.378 e. The van der Waals surface area contributed by atoms with Gasteiger partial charge in [-0.15, -0.1) is 0 Å². The number of unbranched alkanes of at least 4 members (excludes halogenated alkanes) is 1. The van der Waals surface area contributed by atoms with Crippen LogP contribution in [0, 0.1) is 41.4 Å². The summed E-state index contributed by atoms with van der Waals surface area (Å²) in [6, 6.07) is 0. The van der Waals surface area contributed by atoms with E-state index >= 15 is 13.2 Å². The molecule has 0 heterocycles. The first-order valence-corrected chi connectivity index (χ1v) is 16.1. The molecule has 4 fully saturated rings. The highest BCUT2D eigenvalue weighted by molar-refractivity contribution is 4.94. The highest BCUT2D eigenvalue weighted by Gasteiger charge is 2.46. The fourth-order valence-corrected chi connectivity index (χ4v) is 8.64. The number of ether oxygens (including phenoxy) is 1. The Labute approximate surface area is 224 Å². The zero-order valence-corrected chi connectivity index (χ0v) is 23.6. The minimum absolute atomic E-state index is 0.0493. The molecule has 0 spiro atoms. The van der Waals surface area contributed by atoms with Gasteiger partial charge in [-0.3, -0.25) is 0 Å². The highest BCUT2D eigenvalue weighted by Crippen LogP contribution is 2.46. The first-order chi connectivity index (χ1) is 17.9. The molecule has 0 amide bonds. The van der Waals surface area contributed by atoms with Crippen molar-refractivity contribution in [1.82, 2.24) is 0 Å². The Hall–Kier alpha value is -0.320. The number of hydrogen-bond acceptors (Lipinski definition) is 1. The molecule has 37 heavy (non-hydrogen) atoms. The molecule has 0 aromatic carbocycles. The van der Waals surface area contributed by atoms with E-state index < -0.39 is 24.7 Å². The number of rotatable bonds is 10. The van der Waals surface area contributed by atoms with Crippen LogP contribution < -0.4 is 0 Å². The molecule has 0 N–H and O–H groups in total. The van der Waals surface area contributed by atoms with E-state index in [4.69, 9.17) is 4.74 Å². The molecule has 4 saturated carbocycles. The molecule has 1 nitrogen and oxygen atoms in total. The van der Waals surface area contributed by atoms with Crippen LogP contribution in [0.4, 0.5) is 17.6 Å². The molecule has 8 unspecified atom stereocenters. The first kappa shape index (κ1) is 29.7. The summed E-state index contributed by atoms with van der Waals surface area (Å²) >= 11 is 0. The van der Waals surface area contributed by atoms with Gasteiger partial charge in [-0.05, 0) is 106 Å². The molecule has 5 heteroatoms. The fraction of sp³-hybridized carbons (Fsp3) is 1.00. The van der Waals surface area contributed by atoms with E-state index in [0.29, 0.717) is 12.5 Å². The van der Waals surface area contributed by atoms with Gasteiger partial charge in [-0.1, -0.05) is 52.4 Å². The van der Waals surface area contributed by atoms with Gasteiger partial charge in [0.2, 0.25) is 0 Å². The average molecular weight is 531 g/mol. The van der Waals surface area contributed by atoms with Crippen molar-refractivity contribution in [1.29, 1.82) is 0 Å². The summed E-state index contributed by atoms with van der Waals surface area (Å²) in [5.41, 5.74) is 0. The molecule has 0 saturated heterocycles. The summed E-state index contributed by atoms with van der Waals surface area (Å²) in [5.74, 6) is 0.635. The van der Waals surface area contributed by atoms with Crippen LogP contribution in [-0.2, 0) is 4.74 Å². The molecule has 4 aliphatic carbocycles. The van der Waals surface area contributed by atoms with Gasteiger partial charge in [0.15, 0.2) is 0 Å². The zero-order chi connectivity index (χ0) is 26.4. The van der Waals surface area contributed by atoms with Gasteiger partial charge in [0, 0.05) is 5.92 Å². The van der Waals surface area contributed by atoms with E-state index in [1.54, 1.807) is 0 Å². The Morgan fingerprint density at radius 2 is 1.08 bits per heavy atom. The van der Waals surface area contributed by atoms with Gasteiger partial charge >= 0.3 is 0 Å². The second-order valence-corrected chi connectivity index (χ2v) is 13.4. The van der Waals surface area contributed by atoms with Crippen LogP contribution in [-0.4, -0.2) is 37.4 Å². The van der Waals surface area contributed by atoms with E-state index in [-0.39, 0.29) is 35.7 Å². The van der Waals surface area contributed by atoms with Crippen molar-refractivity contribution in [3.63, 3.8) is 0 Å². The van der Waals surface area contributed by atoms with Crippen molar-refractivity contribution in [2.45, 2.75) is 154 Å². The summed E-state index contributed by atoms with van der Waals surface area (Å²) in [6.07, 6.45) is 11.0. The van der Waals surface area contributed by atoms with Crippen LogP contribution in [0.25, 0.3) is 0 Å². The minimum atomic E-state index is -1.42. The largest absolute Gasteiger partial charge is 0.378 e. The molecule has 0 bridgehead atoms. The maximum absolute atomic E-state index is 15.2. The van der Waals surface area contributed by atoms with Gasteiger partial charge in [0.05, 0.1) is 12.7 Å². The summed E-state index contributed by atoms with van der Waals surface area (Å²) in [4.78, 5) is 0. The lowest BCUT2D eigenvalue weighted by Gasteiger charge is -2.42. The summed E-state index contributed by atoms with van der Waals surface area (Å²) in [7, 11) is 0. The molecule has 4 aliphatic rings. The first-order valence-electron chi connectivity index (χ1n) is 16.1. The molecule has 216 valence electrons. The van der Waals surface area contributed by atoms with Crippen molar-refractivity contribution in [2.24, 2.45) is 41.4 Å². The lowest BCUT2D eigenvalue weighted by Crippen LogP contribution is -2.44. The van der Waals surface area contributed by atoms with Gasteiger partial charge in [-0.25, -0.2) is 17.6 Å². The van der Waals surface area contributed by atoms with Crippen molar-refractivity contribution in [3.05, 3.63) is 0 Å². The molecule has 0 aromatic heterocycles. The Balaban J connectivity index is 1.16. The molecule has 4 rings (SSSR count). The topological polar surface area (TPSA) is 9.23 Å². The van der Waals surface area contributed by atoms with Gasteiger partial charge in [0.25, 0.3) is 0 Å². The van der Waals surface area contributed by atoms with Crippen LogP contribution in [0.15, 0.2) is 0 Å². The molecular formula is C32H54F4O. The Morgan fingerprint density at radius 1 is 0.541 bits per heavy atom. The fourth-order valence-electron chi connectivity index (χ4n) is 8.64. The van der Waals surface area contributed by atoms with Crippen LogP contribution in [0.2, 0.25) is 0 Å². The van der Waals surface area contributed by atoms with Crippen molar-refractivity contribution >= 4 is 0 Å². The standard InChI is InChI=1S/C32H54F4O/c1-3-5-7-24-14-18-27(31(35)29(24)33)23-12-16-26(17-13-23)37-20-25-15-19-28(32(36)30(25)34)22-10-8-21(6-4-2)9-11-22/h21-32H,3-20H2,1-2H3. The SMILES string of the molecule is CCCCC1CCC(C2CCC(OCC3CCC(C4CCC(CCC)CC4)C(F)C3F)CC2)C(F)C1F. The van der Waals surface area contributed by atoms with Gasteiger partial charge < -0.3 is 4.74 Å². The van der Waals surface area contributed by atoms with Gasteiger partial charge in [0.1, 0.15) is 24.7 Å². The third-order valence-corrected chi connectivity index (χ3v) is 11.1. The van der Waals surface area contributed by atoms with Crippen LogP contribution in [0.5, 0.6) is 0 Å². The number of alkyl halides is 4. The Morgan fingerprint density at radius 3 is 1.65 bits per heavy atom. The smallest absolute Gasteiger partial charge is 0.136 e. The second-order valence-electron chi connectivity index (χ2n) is 13.4. The van der Waals surface area contributed by atoms with E-state index in [1.807, 2.05) is 0 Å². The monoisotopic (exact) mass is 530 g/mol. The summed E-state index contributed by atoms with van der Waals surface area (Å²) < 4.78 is 66.3. The van der Waals surface area contributed by atoms with E-state index in [0.717, 1.165) is 89.4 Å². The molecule has 0 aliphatic heterocycles. The normalized spacial score (nSPS) is 45.6. The van der Waals surface area contributed by atoms with Crippen LogP contribution >= 0.6 is 0 Å². The lowest BCUT2D eigenvalue weighted by molar-refractivity contribution is -0.0718. The summed E-state index contributed by atoms with van der Waals surface area (Å²) in [5, 5.41) is 0. The Kier molecular flexibility index (Phi) is 11.5. The van der Waals surface area contributed by atoms with Crippen molar-refractivity contribution in [3.8, 4) is 0 Å². The van der Waals surface area contributed by atoms with Crippen molar-refractivity contribution < 1.29 is 22.3 Å². The highest BCUT2D eigenvalue weighted by atomic mass is 19.2. The molecule has 0 radical (unpaired) electrons. The van der Waals surface area contributed by atoms with Crippen molar-refractivity contribution in [2.75, 3.05) is 6.61 Å². The van der Waals surface area contributed by atoms with E-state index in [1.165, 1.54) is 25.7 Å². The molecular weight excluding hydrogens is 476 g/mol. The van der Waals surface area contributed by atoms with E-state index in [2.05, 4.69) is 13.8 Å². The van der Waals surface area contributed by atoms with Gasteiger partial charge in [-0.2, -0.15) is 0 Å². The van der Waals surface area contributed by atoms with Crippen LogP contribution in [0.1, 0.15) is 123 Å². The number of hydrogen-bond donors (Lipinski definition) is 0. The maximum atomic E-state index is 15.2. The maximum Gasteiger partial charge on any atom is 0.136 e. The third-order valence-electron chi connectivity index (χ3n) is 11.1. The quantitative estimate of drug-likeness (QED) is 0.255. The third kappa shape index (κ3) is 7.46. The molecule has 0 aromatic rings. The number of halogens is 4. The second kappa shape index (κ2) is 14.4. The van der Waals surface area contributed by atoms with E-state index in [9.17, 15) is 4.39 Å². The lowest BCUT2D eigenvalue weighted by atomic mass is 9.67. The Bertz CT molecular complexity index is 645. The average Bonchev–Trinajstić information content (AvgIpc) is 2.92. The summed E-state index contributed by atoms with van der Waals surface area (Å²) in [6.45, 7) is 4.63. The predicted molar refractivity (Wildman–Crippen MR) is 144 cm³/mol. The molecule has 8 atom stereocenters. The zero-order valence-electron chi connectivity index (χ0n) is 23.6. The van der Waals surface area contributed by atoms with Crippen LogP contribution in [0.3, 0.4) is 0 Å².